The van der Waals surface area contributed by atoms with Crippen LogP contribution in [0.3, 0.4) is 0 Å². The third kappa shape index (κ3) is 4.66. The molecular weight excluding hydrogens is 478 g/mol. The van der Waals surface area contributed by atoms with Crippen LogP contribution in [0.4, 0.5) is 13.2 Å². The molecule has 0 saturated heterocycles. The molecule has 1 atom stereocenters. The first-order chi connectivity index (χ1) is 15.3. The van der Waals surface area contributed by atoms with Crippen LogP contribution in [0.15, 0.2) is 72.0 Å². The van der Waals surface area contributed by atoms with Crippen molar-refractivity contribution in [2.45, 2.75) is 17.0 Å². The van der Waals surface area contributed by atoms with Crippen molar-refractivity contribution in [1.82, 2.24) is 9.55 Å². The van der Waals surface area contributed by atoms with Gasteiger partial charge < -0.3 is 5.73 Å². The largest absolute Gasteiger partial charge is 0.319 e. The zero-order chi connectivity index (χ0) is 22.8. The molecule has 0 saturated carbocycles. The second-order valence-electron chi connectivity index (χ2n) is 6.92. The van der Waals surface area contributed by atoms with E-state index in [1.165, 1.54) is 30.3 Å². The first kappa shape index (κ1) is 22.7. The number of halogens is 5. The summed E-state index contributed by atoms with van der Waals surface area (Å²) in [5.41, 5.74) is 8.34. The number of hydrogen-bond donors (Lipinski definition) is 1. The summed E-state index contributed by atoms with van der Waals surface area (Å²) in [7, 11) is 0. The van der Waals surface area contributed by atoms with E-state index in [1.807, 2.05) is 0 Å². The Labute approximate surface area is 197 Å². The lowest BCUT2D eigenvalue weighted by molar-refractivity contribution is 0.566. The minimum atomic E-state index is -0.637. The van der Waals surface area contributed by atoms with Crippen molar-refractivity contribution in [3.8, 4) is 5.69 Å². The van der Waals surface area contributed by atoms with E-state index >= 15 is 0 Å². The predicted octanol–water partition coefficient (Wildman–Crippen LogP) is 6.94. The number of nitrogens with two attached hydrogens (primary N) is 1. The minimum Gasteiger partial charge on any atom is -0.319 e. The van der Waals surface area contributed by atoms with Gasteiger partial charge in [0.2, 0.25) is 0 Å². The third-order valence-electron chi connectivity index (χ3n) is 4.87. The molecule has 0 aliphatic carbocycles. The number of rotatable bonds is 6. The summed E-state index contributed by atoms with van der Waals surface area (Å²) in [5, 5.41) is 1.21. The summed E-state index contributed by atoms with van der Waals surface area (Å²) in [4.78, 5) is 4.42. The van der Waals surface area contributed by atoms with Gasteiger partial charge in [-0.1, -0.05) is 47.1 Å². The Morgan fingerprint density at radius 3 is 2.28 bits per heavy atom. The highest BCUT2D eigenvalue weighted by Gasteiger charge is 2.21. The standard InChI is InChI=1S/C23H16Cl2F3N3S/c24-17-9-4-13(10-18(17)25)22(29)21-11-30-23(31(21)15-7-5-14(26)6-8-15)32-12-16-19(27)2-1-3-20(16)28/h1-11,22H,12,29H2. The van der Waals surface area contributed by atoms with Crippen LogP contribution in [-0.4, -0.2) is 9.55 Å². The Hall–Kier alpha value is -2.45. The van der Waals surface area contributed by atoms with Crippen LogP contribution in [0.25, 0.3) is 5.69 Å². The summed E-state index contributed by atoms with van der Waals surface area (Å²) in [6, 6.07) is 13.9. The Kier molecular flexibility index (Phi) is 6.81. The van der Waals surface area contributed by atoms with Gasteiger partial charge in [-0.25, -0.2) is 18.2 Å². The van der Waals surface area contributed by atoms with Gasteiger partial charge in [0.05, 0.1) is 28.0 Å². The smallest absolute Gasteiger partial charge is 0.173 e. The molecule has 0 bridgehead atoms. The second-order valence-corrected chi connectivity index (χ2v) is 8.67. The van der Waals surface area contributed by atoms with E-state index in [-0.39, 0.29) is 11.3 Å². The van der Waals surface area contributed by atoms with Crippen molar-refractivity contribution < 1.29 is 13.2 Å². The lowest BCUT2D eigenvalue weighted by atomic mass is 10.0. The number of imidazole rings is 1. The average molecular weight is 494 g/mol. The second kappa shape index (κ2) is 9.58. The van der Waals surface area contributed by atoms with Crippen LogP contribution in [0.1, 0.15) is 22.9 Å². The molecule has 1 aromatic heterocycles. The molecule has 2 N–H and O–H groups in total. The van der Waals surface area contributed by atoms with Crippen LogP contribution < -0.4 is 5.73 Å². The van der Waals surface area contributed by atoms with Gasteiger partial charge in [-0.3, -0.25) is 4.57 Å². The van der Waals surface area contributed by atoms with Gasteiger partial charge in [0.25, 0.3) is 0 Å². The van der Waals surface area contributed by atoms with Crippen LogP contribution in [0, 0.1) is 17.5 Å². The molecule has 164 valence electrons. The number of thioether (sulfide) groups is 1. The van der Waals surface area contributed by atoms with E-state index in [1.54, 1.807) is 41.1 Å². The molecule has 0 fully saturated rings. The van der Waals surface area contributed by atoms with Crippen molar-refractivity contribution in [3.05, 3.63) is 111 Å². The highest BCUT2D eigenvalue weighted by molar-refractivity contribution is 7.98. The number of nitrogens with zero attached hydrogens (tertiary/aromatic N) is 2. The molecule has 3 aromatic carbocycles. The van der Waals surface area contributed by atoms with Crippen molar-refractivity contribution in [2.24, 2.45) is 5.73 Å². The third-order valence-corrected chi connectivity index (χ3v) is 6.59. The molecule has 0 aliphatic heterocycles. The Balaban J connectivity index is 1.74. The molecule has 0 amide bonds. The van der Waals surface area contributed by atoms with E-state index in [0.29, 0.717) is 32.1 Å². The maximum Gasteiger partial charge on any atom is 0.173 e. The lowest BCUT2D eigenvalue weighted by Crippen LogP contribution is -2.16. The topological polar surface area (TPSA) is 43.8 Å². The fraction of sp³-hybridized carbons (Fsp3) is 0.0870. The van der Waals surface area contributed by atoms with Crippen molar-refractivity contribution >= 4 is 35.0 Å². The molecule has 0 radical (unpaired) electrons. The van der Waals surface area contributed by atoms with Crippen LogP contribution in [0.2, 0.25) is 10.0 Å². The van der Waals surface area contributed by atoms with Gasteiger partial charge in [-0.2, -0.15) is 0 Å². The first-order valence-electron chi connectivity index (χ1n) is 9.45. The molecule has 4 aromatic rings. The van der Waals surface area contributed by atoms with Crippen molar-refractivity contribution in [2.75, 3.05) is 0 Å². The van der Waals surface area contributed by atoms with Crippen LogP contribution in [0.5, 0.6) is 0 Å². The van der Waals surface area contributed by atoms with Gasteiger partial charge in [0.15, 0.2) is 5.16 Å². The van der Waals surface area contributed by atoms with Gasteiger partial charge in [0, 0.05) is 17.0 Å². The number of hydrogen-bond acceptors (Lipinski definition) is 3. The molecule has 1 heterocycles. The summed E-state index contributed by atoms with van der Waals surface area (Å²) in [5.74, 6) is -1.65. The van der Waals surface area contributed by atoms with Gasteiger partial charge in [-0.05, 0) is 54.1 Å². The van der Waals surface area contributed by atoms with E-state index in [9.17, 15) is 13.2 Å². The highest BCUT2D eigenvalue weighted by Crippen LogP contribution is 2.33. The predicted molar refractivity (Wildman–Crippen MR) is 122 cm³/mol. The van der Waals surface area contributed by atoms with Gasteiger partial charge in [0.1, 0.15) is 17.5 Å². The van der Waals surface area contributed by atoms with E-state index in [0.717, 1.165) is 11.8 Å². The Morgan fingerprint density at radius 1 is 0.938 bits per heavy atom. The zero-order valence-electron chi connectivity index (χ0n) is 16.4. The maximum absolute atomic E-state index is 14.1. The highest BCUT2D eigenvalue weighted by atomic mass is 35.5. The molecule has 32 heavy (non-hydrogen) atoms. The monoisotopic (exact) mass is 493 g/mol. The summed E-state index contributed by atoms with van der Waals surface area (Å²) >= 11 is 13.3. The lowest BCUT2D eigenvalue weighted by Gasteiger charge is -2.18. The zero-order valence-corrected chi connectivity index (χ0v) is 18.7. The molecule has 1 unspecified atom stereocenters. The first-order valence-corrected chi connectivity index (χ1v) is 11.2. The fourth-order valence-corrected chi connectivity index (χ4v) is 4.52. The van der Waals surface area contributed by atoms with E-state index < -0.39 is 23.5 Å². The van der Waals surface area contributed by atoms with Gasteiger partial charge >= 0.3 is 0 Å². The van der Waals surface area contributed by atoms with Gasteiger partial charge in [-0.15, -0.1) is 0 Å². The van der Waals surface area contributed by atoms with E-state index in [4.69, 9.17) is 28.9 Å². The van der Waals surface area contributed by atoms with Crippen LogP contribution in [-0.2, 0) is 5.75 Å². The quantitative estimate of drug-likeness (QED) is 0.296. The van der Waals surface area contributed by atoms with Crippen LogP contribution >= 0.6 is 35.0 Å². The molecule has 0 spiro atoms. The maximum atomic E-state index is 14.1. The fourth-order valence-electron chi connectivity index (χ4n) is 3.20. The van der Waals surface area contributed by atoms with Crippen molar-refractivity contribution in [1.29, 1.82) is 0 Å². The molecular formula is C23H16Cl2F3N3S. The normalized spacial score (nSPS) is 12.2. The summed E-state index contributed by atoms with van der Waals surface area (Å²) in [6.45, 7) is 0. The average Bonchev–Trinajstić information content (AvgIpc) is 3.19. The molecule has 4 rings (SSSR count). The van der Waals surface area contributed by atoms with E-state index in [2.05, 4.69) is 4.98 Å². The number of aromatic nitrogens is 2. The Morgan fingerprint density at radius 2 is 1.62 bits per heavy atom. The number of benzene rings is 3. The molecule has 9 heteroatoms. The SMILES string of the molecule is NC(c1ccc(Cl)c(Cl)c1)c1cnc(SCc2c(F)cccc2F)n1-c1ccc(F)cc1. The Bertz CT molecular complexity index is 1240. The molecule has 0 aliphatic rings. The summed E-state index contributed by atoms with van der Waals surface area (Å²) in [6.07, 6.45) is 1.58. The van der Waals surface area contributed by atoms with Crippen molar-refractivity contribution in [3.63, 3.8) is 0 Å². The minimum absolute atomic E-state index is 0.0121. The molecule has 3 nitrogen and oxygen atoms in total. The summed E-state index contributed by atoms with van der Waals surface area (Å²) < 4.78 is 43.4.